The number of alkyl halides is 2. The average Bonchev–Trinajstić information content (AvgIpc) is 3.38. The molecule has 126 valence electrons. The number of anilines is 1. The number of nitrogens with zero attached hydrogens (tertiary/aromatic N) is 1. The van der Waals surface area contributed by atoms with Gasteiger partial charge < -0.3 is 10.1 Å². The van der Waals surface area contributed by atoms with Crippen molar-refractivity contribution in [1.29, 1.82) is 0 Å². The van der Waals surface area contributed by atoms with E-state index in [-0.39, 0.29) is 17.3 Å². The lowest BCUT2D eigenvalue weighted by atomic mass is 10.1. The molecule has 2 aliphatic carbocycles. The Morgan fingerprint density at radius 1 is 1.30 bits per heavy atom. The zero-order chi connectivity index (χ0) is 16.4. The van der Waals surface area contributed by atoms with E-state index in [4.69, 9.17) is 0 Å². The fraction of sp³-hybridized carbons (Fsp3) is 0.588. The smallest absolute Gasteiger partial charge is 0.387 e. The van der Waals surface area contributed by atoms with Crippen molar-refractivity contribution < 1.29 is 18.3 Å². The van der Waals surface area contributed by atoms with Gasteiger partial charge in [0.2, 0.25) is 5.91 Å². The molecule has 6 heteroatoms. The minimum absolute atomic E-state index is 0.0101. The van der Waals surface area contributed by atoms with E-state index in [1.165, 1.54) is 18.9 Å². The fourth-order valence-electron chi connectivity index (χ4n) is 2.99. The Kier molecular flexibility index (Phi) is 4.80. The van der Waals surface area contributed by atoms with Crippen LogP contribution in [0.3, 0.4) is 0 Å². The van der Waals surface area contributed by atoms with Crippen LogP contribution >= 0.6 is 0 Å². The summed E-state index contributed by atoms with van der Waals surface area (Å²) in [6.45, 7) is -0.437. The highest BCUT2D eigenvalue weighted by molar-refractivity contribution is 5.93. The highest BCUT2D eigenvalue weighted by atomic mass is 19.3. The van der Waals surface area contributed by atoms with E-state index < -0.39 is 6.61 Å². The Labute approximate surface area is 134 Å². The van der Waals surface area contributed by atoms with Gasteiger partial charge in [0, 0.05) is 12.1 Å². The minimum Gasteiger partial charge on any atom is -0.433 e. The van der Waals surface area contributed by atoms with Crippen LogP contribution in [0.15, 0.2) is 24.3 Å². The Balaban J connectivity index is 1.62. The number of carbonyl (C=O) groups excluding carboxylic acids is 1. The van der Waals surface area contributed by atoms with Crippen LogP contribution < -0.4 is 10.1 Å². The van der Waals surface area contributed by atoms with Crippen molar-refractivity contribution in [3.05, 3.63) is 24.3 Å². The SMILES string of the molecule is C[C@@H](C1CC1)N(CC(=O)Nc1ccccc1OC(F)F)C1CC1. The van der Waals surface area contributed by atoms with E-state index in [0.29, 0.717) is 24.5 Å². The maximum Gasteiger partial charge on any atom is 0.387 e. The number of benzene rings is 1. The van der Waals surface area contributed by atoms with E-state index in [1.807, 2.05) is 0 Å². The lowest BCUT2D eigenvalue weighted by Crippen LogP contribution is -2.42. The zero-order valence-electron chi connectivity index (χ0n) is 13.2. The molecule has 1 amide bonds. The molecule has 0 heterocycles. The van der Waals surface area contributed by atoms with E-state index in [0.717, 1.165) is 12.8 Å². The molecule has 0 radical (unpaired) electrons. The number of hydrogen-bond acceptors (Lipinski definition) is 3. The van der Waals surface area contributed by atoms with Gasteiger partial charge in [-0.25, -0.2) is 0 Å². The summed E-state index contributed by atoms with van der Waals surface area (Å²) in [6.07, 6.45) is 4.74. The number of amides is 1. The summed E-state index contributed by atoms with van der Waals surface area (Å²) in [6, 6.07) is 7.16. The molecule has 0 unspecified atom stereocenters. The first kappa shape index (κ1) is 16.2. The van der Waals surface area contributed by atoms with Crippen molar-refractivity contribution >= 4 is 11.6 Å². The Morgan fingerprint density at radius 3 is 2.61 bits per heavy atom. The van der Waals surface area contributed by atoms with Crippen LogP contribution in [0.1, 0.15) is 32.6 Å². The van der Waals surface area contributed by atoms with Crippen LogP contribution in [-0.4, -0.2) is 36.0 Å². The van der Waals surface area contributed by atoms with Crippen LogP contribution in [0.25, 0.3) is 0 Å². The molecular weight excluding hydrogens is 302 g/mol. The number of carbonyl (C=O) groups is 1. The molecule has 4 nitrogen and oxygen atoms in total. The van der Waals surface area contributed by atoms with Crippen molar-refractivity contribution in [2.75, 3.05) is 11.9 Å². The van der Waals surface area contributed by atoms with Crippen LogP contribution in [-0.2, 0) is 4.79 Å². The number of hydrogen-bond donors (Lipinski definition) is 1. The Bertz CT molecular complexity index is 559. The predicted molar refractivity (Wildman–Crippen MR) is 83.6 cm³/mol. The van der Waals surface area contributed by atoms with Crippen molar-refractivity contribution in [3.8, 4) is 5.75 Å². The lowest BCUT2D eigenvalue weighted by molar-refractivity contribution is -0.118. The second kappa shape index (κ2) is 6.83. The van der Waals surface area contributed by atoms with E-state index in [1.54, 1.807) is 18.2 Å². The first-order valence-electron chi connectivity index (χ1n) is 8.14. The van der Waals surface area contributed by atoms with Gasteiger partial charge in [-0.05, 0) is 50.7 Å². The first-order chi connectivity index (χ1) is 11.0. The summed E-state index contributed by atoms with van der Waals surface area (Å²) in [5.41, 5.74) is 0.285. The summed E-state index contributed by atoms with van der Waals surface area (Å²) in [4.78, 5) is 14.6. The van der Waals surface area contributed by atoms with Crippen LogP contribution in [0.2, 0.25) is 0 Å². The predicted octanol–water partition coefficient (Wildman–Crippen LogP) is 3.49. The number of rotatable bonds is 8. The number of halogens is 2. The summed E-state index contributed by atoms with van der Waals surface area (Å²) in [5.74, 6) is 0.497. The molecule has 1 atom stereocenters. The van der Waals surface area contributed by atoms with Gasteiger partial charge >= 0.3 is 6.61 Å². The van der Waals surface area contributed by atoms with Gasteiger partial charge in [0.15, 0.2) is 0 Å². The number of ether oxygens (including phenoxy) is 1. The summed E-state index contributed by atoms with van der Waals surface area (Å²) >= 11 is 0. The van der Waals surface area contributed by atoms with Gasteiger partial charge in [0.05, 0.1) is 12.2 Å². The Hall–Kier alpha value is -1.69. The van der Waals surface area contributed by atoms with E-state index in [2.05, 4.69) is 21.9 Å². The highest BCUT2D eigenvalue weighted by Crippen LogP contribution is 2.39. The number of para-hydroxylation sites is 2. The fourth-order valence-corrected chi connectivity index (χ4v) is 2.99. The van der Waals surface area contributed by atoms with Crippen molar-refractivity contribution in [1.82, 2.24) is 4.90 Å². The second-order valence-corrected chi connectivity index (χ2v) is 6.40. The van der Waals surface area contributed by atoms with Crippen LogP contribution in [0, 0.1) is 5.92 Å². The van der Waals surface area contributed by atoms with Gasteiger partial charge in [-0.2, -0.15) is 8.78 Å². The monoisotopic (exact) mass is 324 g/mol. The molecule has 0 saturated heterocycles. The molecule has 1 aromatic rings. The van der Waals surface area contributed by atoms with Gasteiger partial charge in [-0.3, -0.25) is 9.69 Å². The van der Waals surface area contributed by atoms with Crippen molar-refractivity contribution in [2.24, 2.45) is 5.92 Å². The molecule has 2 saturated carbocycles. The van der Waals surface area contributed by atoms with Crippen molar-refractivity contribution in [3.63, 3.8) is 0 Å². The molecule has 1 N–H and O–H groups in total. The third-order valence-electron chi connectivity index (χ3n) is 4.55. The molecule has 23 heavy (non-hydrogen) atoms. The maximum atomic E-state index is 12.4. The molecule has 0 bridgehead atoms. The molecule has 0 aliphatic heterocycles. The molecule has 3 rings (SSSR count). The van der Waals surface area contributed by atoms with E-state index >= 15 is 0 Å². The molecular formula is C17H22F2N2O2. The molecule has 1 aromatic carbocycles. The average molecular weight is 324 g/mol. The Morgan fingerprint density at radius 2 is 2.00 bits per heavy atom. The van der Waals surface area contributed by atoms with Gasteiger partial charge in [-0.15, -0.1) is 0 Å². The first-order valence-corrected chi connectivity index (χ1v) is 8.14. The van der Waals surface area contributed by atoms with E-state index in [9.17, 15) is 13.6 Å². The standard InChI is InChI=1S/C17H22F2N2O2/c1-11(12-6-7-12)21(13-8-9-13)10-16(22)20-14-4-2-3-5-15(14)23-17(18)19/h2-5,11-13,17H,6-10H2,1H3,(H,20,22)/t11-/m0/s1. The van der Waals surface area contributed by atoms with Crippen molar-refractivity contribution in [2.45, 2.75) is 51.3 Å². The maximum absolute atomic E-state index is 12.4. The third kappa shape index (κ3) is 4.41. The molecule has 0 aromatic heterocycles. The van der Waals surface area contributed by atoms with Crippen LogP contribution in [0.5, 0.6) is 5.75 Å². The van der Waals surface area contributed by atoms with Gasteiger partial charge in [0.25, 0.3) is 0 Å². The number of nitrogens with one attached hydrogen (secondary N) is 1. The topological polar surface area (TPSA) is 41.6 Å². The molecule has 2 aliphatic rings. The summed E-state index contributed by atoms with van der Waals surface area (Å²) in [5, 5.41) is 2.70. The molecule has 2 fully saturated rings. The van der Waals surface area contributed by atoms with Crippen LogP contribution in [0.4, 0.5) is 14.5 Å². The lowest BCUT2D eigenvalue weighted by Gasteiger charge is -2.28. The highest BCUT2D eigenvalue weighted by Gasteiger charge is 2.39. The quantitative estimate of drug-likeness (QED) is 0.796. The minimum atomic E-state index is -2.91. The zero-order valence-corrected chi connectivity index (χ0v) is 13.2. The molecule has 0 spiro atoms. The third-order valence-corrected chi connectivity index (χ3v) is 4.55. The second-order valence-electron chi connectivity index (χ2n) is 6.40. The normalized spacial score (nSPS) is 19.0. The largest absolute Gasteiger partial charge is 0.433 e. The summed E-state index contributed by atoms with van der Waals surface area (Å²) < 4.78 is 29.3. The summed E-state index contributed by atoms with van der Waals surface area (Å²) in [7, 11) is 0. The van der Waals surface area contributed by atoms with Gasteiger partial charge in [-0.1, -0.05) is 12.1 Å². The van der Waals surface area contributed by atoms with Gasteiger partial charge in [0.1, 0.15) is 5.75 Å².